The fourth-order valence-corrected chi connectivity index (χ4v) is 5.54. The SMILES string of the molecule is C=CC(=O)OCCOc1ccc(N=Nc2ccc(C(=O)O[C@@H]3COC4C3OC[C@H]4OC(=O)c3ccc(N=Nc4ccc(OCCOC(=O)C=C)cc4)cc3)cc2)cc1. The highest BCUT2D eigenvalue weighted by Gasteiger charge is 2.51. The Morgan fingerprint density at radius 1 is 0.517 bits per heavy atom. The van der Waals surface area contributed by atoms with Crippen LogP contribution in [0.4, 0.5) is 22.7 Å². The monoisotopic (exact) mass is 790 g/mol. The van der Waals surface area contributed by atoms with Crippen LogP contribution < -0.4 is 9.47 Å². The first-order valence-corrected chi connectivity index (χ1v) is 18.0. The number of esters is 4. The Hall–Kier alpha value is -7.04. The van der Waals surface area contributed by atoms with E-state index in [0.717, 1.165) is 12.2 Å². The predicted molar refractivity (Wildman–Crippen MR) is 205 cm³/mol. The number of hydrogen-bond donors (Lipinski definition) is 0. The van der Waals surface area contributed by atoms with Crippen molar-refractivity contribution in [1.29, 1.82) is 0 Å². The third kappa shape index (κ3) is 11.5. The Labute approximate surface area is 332 Å². The molecule has 2 saturated heterocycles. The number of rotatable bonds is 18. The summed E-state index contributed by atoms with van der Waals surface area (Å²) in [6.07, 6.45) is -0.432. The van der Waals surface area contributed by atoms with Crippen LogP contribution in [0.3, 0.4) is 0 Å². The molecule has 0 aliphatic carbocycles. The van der Waals surface area contributed by atoms with E-state index in [-0.39, 0.29) is 39.6 Å². The molecule has 16 nitrogen and oxygen atoms in total. The third-order valence-corrected chi connectivity index (χ3v) is 8.45. The Morgan fingerprint density at radius 2 is 0.845 bits per heavy atom. The normalized spacial score (nSPS) is 18.3. The van der Waals surface area contributed by atoms with E-state index in [2.05, 4.69) is 33.6 Å². The van der Waals surface area contributed by atoms with Crippen molar-refractivity contribution in [1.82, 2.24) is 0 Å². The largest absolute Gasteiger partial charge is 0.490 e. The van der Waals surface area contributed by atoms with Crippen LogP contribution in [-0.4, -0.2) is 87.9 Å². The van der Waals surface area contributed by atoms with Gasteiger partial charge in [-0.25, -0.2) is 19.2 Å². The molecule has 0 aromatic heterocycles. The van der Waals surface area contributed by atoms with Crippen molar-refractivity contribution in [2.45, 2.75) is 24.4 Å². The lowest BCUT2D eigenvalue weighted by molar-refractivity contribution is -0.139. The Balaban J connectivity index is 0.918. The first kappa shape index (κ1) is 40.6. The van der Waals surface area contributed by atoms with Crippen LogP contribution in [0.15, 0.2) is 143 Å². The van der Waals surface area contributed by atoms with Gasteiger partial charge in [0.2, 0.25) is 0 Å². The number of fused-ring (bicyclic) bond motifs is 1. The molecule has 0 saturated carbocycles. The highest BCUT2D eigenvalue weighted by atomic mass is 16.7. The summed E-state index contributed by atoms with van der Waals surface area (Å²) in [5.74, 6) is -1.01. The Morgan fingerprint density at radius 3 is 1.17 bits per heavy atom. The van der Waals surface area contributed by atoms with E-state index in [4.69, 9.17) is 37.9 Å². The molecule has 4 aromatic carbocycles. The molecule has 0 N–H and O–H groups in total. The fourth-order valence-electron chi connectivity index (χ4n) is 5.54. The standard InChI is InChI=1S/C42H38N4O12/c1-3-37(47)53-23-21-51-33-17-13-31(14-18-33)45-43-29-9-5-27(6-10-29)41(49)57-35-25-55-40-36(26-56-39(35)40)58-42(50)28-7-11-30(12-8-28)44-46-32-15-19-34(20-16-32)52-22-24-54-38(48)4-2/h3-20,35-36,39-40H,1-2,21-26H2/t35-,36-,39?,40?/m1/s1. The van der Waals surface area contributed by atoms with Gasteiger partial charge in [0, 0.05) is 12.2 Å². The van der Waals surface area contributed by atoms with E-state index in [1.165, 1.54) is 0 Å². The lowest BCUT2D eigenvalue weighted by Gasteiger charge is -2.17. The molecule has 6 rings (SSSR count). The molecule has 4 aromatic rings. The van der Waals surface area contributed by atoms with E-state index in [9.17, 15) is 19.2 Å². The highest BCUT2D eigenvalue weighted by molar-refractivity contribution is 5.90. The van der Waals surface area contributed by atoms with E-state index < -0.39 is 48.3 Å². The van der Waals surface area contributed by atoms with Gasteiger partial charge < -0.3 is 37.9 Å². The van der Waals surface area contributed by atoms with Crippen LogP contribution >= 0.6 is 0 Å². The summed E-state index contributed by atoms with van der Waals surface area (Å²) in [4.78, 5) is 48.1. The van der Waals surface area contributed by atoms with Crippen LogP contribution in [0, 0.1) is 0 Å². The molecule has 2 heterocycles. The van der Waals surface area contributed by atoms with Crippen molar-refractivity contribution >= 4 is 46.6 Å². The topological polar surface area (TPSA) is 192 Å². The van der Waals surface area contributed by atoms with E-state index in [1.54, 1.807) is 97.1 Å². The minimum Gasteiger partial charge on any atom is -0.490 e. The number of azo groups is 2. The van der Waals surface area contributed by atoms with Gasteiger partial charge in [-0.2, -0.15) is 20.5 Å². The minimum absolute atomic E-state index is 0.0801. The number of hydrogen-bond acceptors (Lipinski definition) is 16. The van der Waals surface area contributed by atoms with Gasteiger partial charge in [0.15, 0.2) is 12.2 Å². The molecule has 16 heteroatoms. The molecule has 2 unspecified atom stereocenters. The molecule has 0 bridgehead atoms. The maximum atomic E-state index is 13.0. The van der Waals surface area contributed by atoms with Gasteiger partial charge in [-0.1, -0.05) is 13.2 Å². The van der Waals surface area contributed by atoms with Gasteiger partial charge in [-0.05, 0) is 97.1 Å². The first-order chi connectivity index (χ1) is 28.3. The fraction of sp³-hybridized carbons (Fsp3) is 0.238. The molecular weight excluding hydrogens is 752 g/mol. The third-order valence-electron chi connectivity index (χ3n) is 8.45. The summed E-state index contributed by atoms with van der Waals surface area (Å²) in [6.45, 7) is 7.42. The van der Waals surface area contributed by atoms with Gasteiger partial charge in [0.05, 0.1) is 47.1 Å². The summed E-state index contributed by atoms with van der Waals surface area (Å²) >= 11 is 0. The van der Waals surface area contributed by atoms with Gasteiger partial charge >= 0.3 is 23.9 Å². The average Bonchev–Trinajstić information content (AvgIpc) is 3.85. The lowest BCUT2D eigenvalue weighted by Crippen LogP contribution is -2.36. The smallest absolute Gasteiger partial charge is 0.338 e. The van der Waals surface area contributed by atoms with Crippen molar-refractivity contribution in [2.24, 2.45) is 20.5 Å². The quantitative estimate of drug-likeness (QED) is 0.0322. The molecule has 0 amide bonds. The lowest BCUT2D eigenvalue weighted by atomic mass is 10.1. The number of ether oxygens (including phenoxy) is 8. The number of benzene rings is 4. The van der Waals surface area contributed by atoms with Crippen LogP contribution in [-0.2, 0) is 38.0 Å². The van der Waals surface area contributed by atoms with Crippen molar-refractivity contribution in [2.75, 3.05) is 39.6 Å². The summed E-state index contributed by atoms with van der Waals surface area (Å²) < 4.78 is 43.9. The van der Waals surface area contributed by atoms with Gasteiger partial charge in [-0.15, -0.1) is 0 Å². The Bertz CT molecular complexity index is 1970. The molecular formula is C42H38N4O12. The maximum Gasteiger partial charge on any atom is 0.338 e. The molecule has 2 fully saturated rings. The van der Waals surface area contributed by atoms with E-state index in [0.29, 0.717) is 45.4 Å². The van der Waals surface area contributed by atoms with Crippen LogP contribution in [0.2, 0.25) is 0 Å². The predicted octanol–water partition coefficient (Wildman–Crippen LogP) is 7.28. The number of carbonyl (C=O) groups is 4. The maximum absolute atomic E-state index is 13.0. The van der Waals surface area contributed by atoms with Crippen molar-refractivity contribution < 1.29 is 57.1 Å². The summed E-state index contributed by atoms with van der Waals surface area (Å²) in [7, 11) is 0. The van der Waals surface area contributed by atoms with Crippen molar-refractivity contribution in [3.05, 3.63) is 133 Å². The molecule has 58 heavy (non-hydrogen) atoms. The first-order valence-electron chi connectivity index (χ1n) is 18.0. The number of carbonyl (C=O) groups excluding carboxylic acids is 4. The molecule has 4 atom stereocenters. The zero-order chi connectivity index (χ0) is 40.7. The zero-order valence-electron chi connectivity index (χ0n) is 31.0. The molecule has 2 aliphatic heterocycles. The second-order valence-electron chi connectivity index (χ2n) is 12.4. The second-order valence-corrected chi connectivity index (χ2v) is 12.4. The van der Waals surface area contributed by atoms with E-state index >= 15 is 0 Å². The van der Waals surface area contributed by atoms with Gasteiger partial charge in [0.25, 0.3) is 0 Å². The average molecular weight is 791 g/mol. The van der Waals surface area contributed by atoms with Crippen LogP contribution in [0.1, 0.15) is 20.7 Å². The Kier molecular flexibility index (Phi) is 14.2. The minimum atomic E-state index is -0.697. The summed E-state index contributed by atoms with van der Waals surface area (Å²) in [5, 5.41) is 16.8. The highest BCUT2D eigenvalue weighted by Crippen LogP contribution is 2.32. The van der Waals surface area contributed by atoms with Crippen molar-refractivity contribution in [3.63, 3.8) is 0 Å². The van der Waals surface area contributed by atoms with Crippen LogP contribution in [0.5, 0.6) is 11.5 Å². The van der Waals surface area contributed by atoms with Crippen molar-refractivity contribution in [3.8, 4) is 11.5 Å². The number of nitrogens with zero attached hydrogens (tertiary/aromatic N) is 4. The van der Waals surface area contributed by atoms with Crippen LogP contribution in [0.25, 0.3) is 0 Å². The van der Waals surface area contributed by atoms with Gasteiger partial charge in [0.1, 0.15) is 50.1 Å². The summed E-state index contributed by atoms with van der Waals surface area (Å²) in [5.41, 5.74) is 2.81. The zero-order valence-corrected chi connectivity index (χ0v) is 31.0. The molecule has 0 spiro atoms. The molecule has 0 radical (unpaired) electrons. The second kappa shape index (κ2) is 20.2. The molecule has 2 aliphatic rings. The summed E-state index contributed by atoms with van der Waals surface area (Å²) in [6, 6.07) is 26.6. The van der Waals surface area contributed by atoms with E-state index in [1.807, 2.05) is 0 Å². The van der Waals surface area contributed by atoms with Gasteiger partial charge in [-0.3, -0.25) is 0 Å². The molecule has 298 valence electrons.